The summed E-state index contributed by atoms with van der Waals surface area (Å²) in [6.45, 7) is 6.51. The maximum absolute atomic E-state index is 13.8. The number of hydrogen-bond donors (Lipinski definition) is 2. The predicted molar refractivity (Wildman–Crippen MR) is 88.3 cm³/mol. The Kier molecular flexibility index (Phi) is 5.84. The van der Waals surface area contributed by atoms with Gasteiger partial charge in [0.05, 0.1) is 5.01 Å². The molecule has 0 aliphatic carbocycles. The lowest BCUT2D eigenvalue weighted by Gasteiger charge is -2.24. The van der Waals surface area contributed by atoms with Crippen molar-refractivity contribution in [2.45, 2.75) is 39.3 Å². The molecule has 2 aromatic rings. The molecule has 0 aliphatic rings. The summed E-state index contributed by atoms with van der Waals surface area (Å²) in [5.74, 6) is -0.838. The zero-order valence-electron chi connectivity index (χ0n) is 13.6. The quantitative estimate of drug-likeness (QED) is 0.809. The van der Waals surface area contributed by atoms with Crippen molar-refractivity contribution >= 4 is 11.3 Å². The molecule has 126 valence electrons. The molecule has 0 radical (unpaired) electrons. The summed E-state index contributed by atoms with van der Waals surface area (Å²) in [7, 11) is 0. The minimum atomic E-state index is -1.41. The maximum atomic E-state index is 13.8. The molecule has 1 aromatic carbocycles. The van der Waals surface area contributed by atoms with Crippen LogP contribution in [-0.2, 0) is 18.6 Å². The lowest BCUT2D eigenvalue weighted by atomic mass is 9.95. The third-order valence-electron chi connectivity index (χ3n) is 3.46. The molecule has 0 saturated heterocycles. The monoisotopic (exact) mass is 340 g/mol. The number of hydrogen-bond acceptors (Lipinski definition) is 4. The van der Waals surface area contributed by atoms with Crippen molar-refractivity contribution < 1.29 is 13.9 Å². The Labute approximate surface area is 139 Å². The lowest BCUT2D eigenvalue weighted by Crippen LogP contribution is -2.35. The highest BCUT2D eigenvalue weighted by Crippen LogP contribution is 2.24. The molecular formula is C17H22F2N2OS. The molecule has 0 saturated carbocycles. The van der Waals surface area contributed by atoms with Crippen LogP contribution in [0.5, 0.6) is 0 Å². The van der Waals surface area contributed by atoms with Gasteiger partial charge in [-0.15, -0.1) is 11.3 Å². The number of rotatable bonds is 7. The van der Waals surface area contributed by atoms with E-state index in [2.05, 4.69) is 24.1 Å². The number of aromatic nitrogens is 1. The van der Waals surface area contributed by atoms with Gasteiger partial charge in [-0.25, -0.2) is 13.8 Å². The first kappa shape index (κ1) is 18.0. The van der Waals surface area contributed by atoms with Gasteiger partial charge in [0.25, 0.3) is 0 Å². The fourth-order valence-corrected chi connectivity index (χ4v) is 3.43. The van der Waals surface area contributed by atoms with E-state index in [9.17, 15) is 13.9 Å². The predicted octanol–water partition coefficient (Wildman–Crippen LogP) is 3.62. The first-order chi connectivity index (χ1) is 10.8. The fourth-order valence-electron chi connectivity index (χ4n) is 2.32. The second-order valence-corrected chi connectivity index (χ2v) is 7.52. The van der Waals surface area contributed by atoms with E-state index < -0.39 is 17.2 Å². The third-order valence-corrected chi connectivity index (χ3v) is 4.48. The second kappa shape index (κ2) is 7.47. The van der Waals surface area contributed by atoms with Crippen molar-refractivity contribution in [3.8, 4) is 0 Å². The van der Waals surface area contributed by atoms with E-state index in [1.54, 1.807) is 11.3 Å². The number of aliphatic hydroxyl groups is 1. The molecular weight excluding hydrogens is 318 g/mol. The molecule has 0 fully saturated rings. The van der Waals surface area contributed by atoms with Gasteiger partial charge in [-0.3, -0.25) is 0 Å². The number of benzene rings is 1. The summed E-state index contributed by atoms with van der Waals surface area (Å²) in [6.07, 6.45) is 2.77. The second-order valence-electron chi connectivity index (χ2n) is 6.32. The molecule has 1 unspecified atom stereocenters. The topological polar surface area (TPSA) is 45.2 Å². The van der Waals surface area contributed by atoms with Crippen LogP contribution in [0.15, 0.2) is 24.4 Å². The molecule has 0 aliphatic heterocycles. The Morgan fingerprint density at radius 2 is 2.09 bits per heavy atom. The first-order valence-corrected chi connectivity index (χ1v) is 8.42. The van der Waals surface area contributed by atoms with Crippen LogP contribution < -0.4 is 5.32 Å². The van der Waals surface area contributed by atoms with Gasteiger partial charge in [0.2, 0.25) is 0 Å². The number of nitrogens with zero attached hydrogens (tertiary/aromatic N) is 1. The van der Waals surface area contributed by atoms with Crippen molar-refractivity contribution in [2.24, 2.45) is 5.92 Å². The van der Waals surface area contributed by atoms with Gasteiger partial charge in [0.1, 0.15) is 17.2 Å². The summed E-state index contributed by atoms with van der Waals surface area (Å²) in [4.78, 5) is 5.43. The Morgan fingerprint density at radius 1 is 1.35 bits per heavy atom. The Morgan fingerprint density at radius 3 is 2.74 bits per heavy atom. The highest BCUT2D eigenvalue weighted by molar-refractivity contribution is 7.11. The normalized spacial score (nSPS) is 14.2. The van der Waals surface area contributed by atoms with Crippen molar-refractivity contribution in [2.75, 3.05) is 6.54 Å². The van der Waals surface area contributed by atoms with Gasteiger partial charge in [-0.2, -0.15) is 0 Å². The molecule has 1 atom stereocenters. The molecule has 0 bridgehead atoms. The summed E-state index contributed by atoms with van der Waals surface area (Å²) in [5.41, 5.74) is -1.33. The van der Waals surface area contributed by atoms with Crippen LogP contribution in [0.4, 0.5) is 8.78 Å². The SMILES string of the molecule is CC(C)Cc1ncc(CNCC(C)(O)c2ccc(F)cc2F)s1. The van der Waals surface area contributed by atoms with Crippen molar-refractivity contribution in [3.63, 3.8) is 0 Å². The summed E-state index contributed by atoms with van der Waals surface area (Å²) >= 11 is 1.63. The molecule has 2 N–H and O–H groups in total. The third kappa shape index (κ3) is 5.06. The molecule has 23 heavy (non-hydrogen) atoms. The van der Waals surface area contributed by atoms with Crippen LogP contribution >= 0.6 is 11.3 Å². The minimum absolute atomic E-state index is 0.0798. The Balaban J connectivity index is 1.93. The highest BCUT2D eigenvalue weighted by atomic mass is 32.1. The van der Waals surface area contributed by atoms with Crippen LogP contribution in [0.3, 0.4) is 0 Å². The van der Waals surface area contributed by atoms with E-state index in [-0.39, 0.29) is 12.1 Å². The number of halogens is 2. The molecule has 0 spiro atoms. The zero-order chi connectivity index (χ0) is 17.0. The Bertz CT molecular complexity index is 656. The minimum Gasteiger partial charge on any atom is -0.384 e. The molecule has 3 nitrogen and oxygen atoms in total. The highest BCUT2D eigenvalue weighted by Gasteiger charge is 2.26. The van der Waals surface area contributed by atoms with E-state index in [0.29, 0.717) is 12.5 Å². The van der Waals surface area contributed by atoms with E-state index in [4.69, 9.17) is 0 Å². The summed E-state index contributed by atoms with van der Waals surface area (Å²) in [6, 6.07) is 3.21. The average molecular weight is 340 g/mol. The van der Waals surface area contributed by atoms with Crippen LogP contribution in [0.25, 0.3) is 0 Å². The number of thiazole rings is 1. The van der Waals surface area contributed by atoms with Gasteiger partial charge < -0.3 is 10.4 Å². The zero-order valence-corrected chi connectivity index (χ0v) is 14.4. The summed E-state index contributed by atoms with van der Waals surface area (Å²) in [5, 5.41) is 14.6. The van der Waals surface area contributed by atoms with Gasteiger partial charge >= 0.3 is 0 Å². The number of nitrogens with one attached hydrogen (secondary N) is 1. The molecule has 6 heteroatoms. The van der Waals surface area contributed by atoms with Gasteiger partial charge in [-0.05, 0) is 18.9 Å². The van der Waals surface area contributed by atoms with E-state index in [0.717, 1.165) is 28.4 Å². The van der Waals surface area contributed by atoms with Gasteiger partial charge in [0.15, 0.2) is 0 Å². The lowest BCUT2D eigenvalue weighted by molar-refractivity contribution is 0.0529. The maximum Gasteiger partial charge on any atom is 0.132 e. The van der Waals surface area contributed by atoms with Crippen molar-refractivity contribution in [3.05, 3.63) is 51.5 Å². The van der Waals surface area contributed by atoms with E-state index in [1.807, 2.05) is 6.20 Å². The first-order valence-electron chi connectivity index (χ1n) is 7.60. The van der Waals surface area contributed by atoms with E-state index in [1.165, 1.54) is 13.0 Å². The van der Waals surface area contributed by atoms with Gasteiger partial charge in [-0.1, -0.05) is 19.9 Å². The van der Waals surface area contributed by atoms with E-state index >= 15 is 0 Å². The average Bonchev–Trinajstić information content (AvgIpc) is 2.84. The molecule has 0 amide bonds. The largest absolute Gasteiger partial charge is 0.384 e. The fraction of sp³-hybridized carbons (Fsp3) is 0.471. The molecule has 1 heterocycles. The summed E-state index contributed by atoms with van der Waals surface area (Å²) < 4.78 is 26.7. The van der Waals surface area contributed by atoms with Crippen molar-refractivity contribution in [1.29, 1.82) is 0 Å². The van der Waals surface area contributed by atoms with Crippen LogP contribution in [0.2, 0.25) is 0 Å². The van der Waals surface area contributed by atoms with Crippen LogP contribution in [0, 0.1) is 17.6 Å². The standard InChI is InChI=1S/C17H22F2N2OS/c1-11(2)6-16-21-9-13(23-16)8-20-10-17(3,22)14-5-4-12(18)7-15(14)19/h4-5,7,9,11,20,22H,6,8,10H2,1-3H3. The van der Waals surface area contributed by atoms with Gasteiger partial charge in [0, 0.05) is 42.2 Å². The molecule has 2 rings (SSSR count). The van der Waals surface area contributed by atoms with Crippen molar-refractivity contribution in [1.82, 2.24) is 10.3 Å². The molecule has 1 aromatic heterocycles. The smallest absolute Gasteiger partial charge is 0.132 e. The van der Waals surface area contributed by atoms with Crippen LogP contribution in [-0.4, -0.2) is 16.6 Å². The Hall–Kier alpha value is -1.37. The van der Waals surface area contributed by atoms with Crippen LogP contribution in [0.1, 0.15) is 36.2 Å².